The van der Waals surface area contributed by atoms with Crippen molar-refractivity contribution in [2.75, 3.05) is 57.9 Å². The van der Waals surface area contributed by atoms with E-state index in [0.29, 0.717) is 45.1 Å². The Kier molecular flexibility index (Phi) is 7.69. The zero-order valence-corrected chi connectivity index (χ0v) is 17.3. The molecule has 160 valence electrons. The first-order valence-electron chi connectivity index (χ1n) is 10.4. The van der Waals surface area contributed by atoms with Crippen LogP contribution in [0.1, 0.15) is 25.3 Å². The maximum atomic E-state index is 14.6. The van der Waals surface area contributed by atoms with Gasteiger partial charge in [-0.3, -0.25) is 9.79 Å². The normalized spacial score (nSPS) is 18.7. The molecule has 29 heavy (non-hydrogen) atoms. The van der Waals surface area contributed by atoms with Crippen LogP contribution in [0, 0.1) is 11.7 Å². The Morgan fingerprint density at radius 3 is 2.62 bits per heavy atom. The van der Waals surface area contributed by atoms with Crippen molar-refractivity contribution in [2.45, 2.75) is 26.3 Å². The number of hydrogen-bond acceptors (Lipinski definition) is 5. The molecule has 0 spiro atoms. The van der Waals surface area contributed by atoms with Gasteiger partial charge in [-0.2, -0.15) is 0 Å². The van der Waals surface area contributed by atoms with Crippen LogP contribution in [-0.2, 0) is 20.8 Å². The molecule has 0 aromatic heterocycles. The summed E-state index contributed by atoms with van der Waals surface area (Å²) >= 11 is 0. The zero-order valence-electron chi connectivity index (χ0n) is 17.3. The van der Waals surface area contributed by atoms with Crippen LogP contribution in [0.3, 0.4) is 0 Å². The molecule has 1 aromatic rings. The number of anilines is 1. The molecule has 0 amide bonds. The molecule has 0 atom stereocenters. The third-order valence-corrected chi connectivity index (χ3v) is 5.44. The van der Waals surface area contributed by atoms with E-state index < -0.39 is 0 Å². The van der Waals surface area contributed by atoms with Gasteiger partial charge >= 0.3 is 5.97 Å². The third-order valence-electron chi connectivity index (χ3n) is 5.44. The lowest BCUT2D eigenvalue weighted by Crippen LogP contribution is -2.46. The number of halogens is 1. The Bertz CT molecular complexity index is 714. The van der Waals surface area contributed by atoms with Gasteiger partial charge in [0, 0.05) is 39.8 Å². The monoisotopic (exact) mass is 406 g/mol. The molecule has 0 radical (unpaired) electrons. The van der Waals surface area contributed by atoms with Gasteiger partial charge in [0.05, 0.1) is 31.4 Å². The Morgan fingerprint density at radius 2 is 2.00 bits per heavy atom. The standard InChI is InChI=1S/C21H31FN4O3/c1-3-29-20(27)17-6-8-26(9-7-17)21(23-2)24-15-16-4-5-19(18(22)14-16)25-10-12-28-13-11-25/h4-5,14,17H,3,6-13,15H2,1-2H3,(H,23,24). The molecule has 0 unspecified atom stereocenters. The lowest BCUT2D eigenvalue weighted by atomic mass is 9.97. The quantitative estimate of drug-likeness (QED) is 0.459. The van der Waals surface area contributed by atoms with Crippen LogP contribution in [-0.4, -0.2) is 69.9 Å². The summed E-state index contributed by atoms with van der Waals surface area (Å²) < 4.78 is 25.0. The summed E-state index contributed by atoms with van der Waals surface area (Å²) in [6.45, 7) is 6.91. The maximum absolute atomic E-state index is 14.6. The topological polar surface area (TPSA) is 66.4 Å². The predicted octanol–water partition coefficient (Wildman–Crippen LogP) is 2.01. The van der Waals surface area contributed by atoms with E-state index >= 15 is 0 Å². The second-order valence-corrected chi connectivity index (χ2v) is 7.30. The minimum absolute atomic E-state index is 0.0360. The Labute approximate surface area is 171 Å². The van der Waals surface area contributed by atoms with Crippen molar-refractivity contribution in [2.24, 2.45) is 10.9 Å². The molecule has 7 nitrogen and oxygen atoms in total. The molecule has 2 saturated heterocycles. The highest BCUT2D eigenvalue weighted by molar-refractivity contribution is 5.80. The van der Waals surface area contributed by atoms with Crippen LogP contribution in [0.2, 0.25) is 0 Å². The van der Waals surface area contributed by atoms with Crippen LogP contribution in [0.15, 0.2) is 23.2 Å². The van der Waals surface area contributed by atoms with Crippen molar-refractivity contribution in [3.05, 3.63) is 29.6 Å². The summed E-state index contributed by atoms with van der Waals surface area (Å²) in [6.07, 6.45) is 1.50. The van der Waals surface area contributed by atoms with E-state index in [1.165, 1.54) is 0 Å². The average molecular weight is 407 g/mol. The Hall–Kier alpha value is -2.35. The summed E-state index contributed by atoms with van der Waals surface area (Å²) in [5, 5.41) is 3.31. The molecule has 2 aliphatic rings. The van der Waals surface area contributed by atoms with E-state index in [-0.39, 0.29) is 17.7 Å². The van der Waals surface area contributed by atoms with Crippen molar-refractivity contribution < 1.29 is 18.7 Å². The van der Waals surface area contributed by atoms with E-state index in [4.69, 9.17) is 9.47 Å². The number of nitrogens with one attached hydrogen (secondary N) is 1. The van der Waals surface area contributed by atoms with Gasteiger partial charge in [0.25, 0.3) is 0 Å². The molecule has 1 aromatic carbocycles. The lowest BCUT2D eigenvalue weighted by Gasteiger charge is -2.33. The van der Waals surface area contributed by atoms with Crippen molar-refractivity contribution in [1.82, 2.24) is 10.2 Å². The van der Waals surface area contributed by atoms with Crippen LogP contribution in [0.5, 0.6) is 0 Å². The van der Waals surface area contributed by atoms with Gasteiger partial charge in [-0.15, -0.1) is 0 Å². The van der Waals surface area contributed by atoms with Crippen molar-refractivity contribution in [1.29, 1.82) is 0 Å². The summed E-state index contributed by atoms with van der Waals surface area (Å²) in [7, 11) is 1.74. The van der Waals surface area contributed by atoms with Crippen LogP contribution < -0.4 is 10.2 Å². The summed E-state index contributed by atoms with van der Waals surface area (Å²) in [6, 6.07) is 5.37. The molecular formula is C21H31FN4O3. The second kappa shape index (κ2) is 10.4. The Balaban J connectivity index is 1.52. The number of rotatable bonds is 5. The van der Waals surface area contributed by atoms with E-state index in [2.05, 4.69) is 15.2 Å². The molecular weight excluding hydrogens is 375 g/mol. The van der Waals surface area contributed by atoms with E-state index in [1.807, 2.05) is 24.0 Å². The first-order chi connectivity index (χ1) is 14.1. The fraction of sp³-hybridized carbons (Fsp3) is 0.619. The predicted molar refractivity (Wildman–Crippen MR) is 111 cm³/mol. The smallest absolute Gasteiger partial charge is 0.309 e. The van der Waals surface area contributed by atoms with E-state index in [9.17, 15) is 9.18 Å². The number of piperidine rings is 1. The first kappa shape index (κ1) is 21.4. The molecule has 2 heterocycles. The number of morpholine rings is 1. The van der Waals surface area contributed by atoms with Gasteiger partial charge in [0.1, 0.15) is 5.82 Å². The van der Waals surface area contributed by atoms with Crippen molar-refractivity contribution >= 4 is 17.6 Å². The number of carbonyl (C=O) groups is 1. The first-order valence-corrected chi connectivity index (χ1v) is 10.4. The third kappa shape index (κ3) is 5.59. The molecule has 3 rings (SSSR count). The number of guanidine groups is 1. The molecule has 2 fully saturated rings. The second-order valence-electron chi connectivity index (χ2n) is 7.30. The number of hydrogen-bond donors (Lipinski definition) is 1. The summed E-state index contributed by atoms with van der Waals surface area (Å²) in [5.41, 5.74) is 1.49. The van der Waals surface area contributed by atoms with Crippen LogP contribution >= 0.6 is 0 Å². The van der Waals surface area contributed by atoms with Gasteiger partial charge < -0.3 is 24.6 Å². The fourth-order valence-electron chi connectivity index (χ4n) is 3.82. The highest BCUT2D eigenvalue weighted by Gasteiger charge is 2.27. The van der Waals surface area contributed by atoms with Crippen LogP contribution in [0.4, 0.5) is 10.1 Å². The minimum atomic E-state index is -0.212. The van der Waals surface area contributed by atoms with Gasteiger partial charge in [-0.25, -0.2) is 4.39 Å². The Morgan fingerprint density at radius 1 is 1.28 bits per heavy atom. The van der Waals surface area contributed by atoms with Crippen molar-refractivity contribution in [3.8, 4) is 0 Å². The van der Waals surface area contributed by atoms with E-state index in [1.54, 1.807) is 13.1 Å². The van der Waals surface area contributed by atoms with Crippen molar-refractivity contribution in [3.63, 3.8) is 0 Å². The lowest BCUT2D eigenvalue weighted by molar-refractivity contribution is -0.149. The molecule has 0 bridgehead atoms. The number of nitrogens with zero attached hydrogens (tertiary/aromatic N) is 3. The highest BCUT2D eigenvalue weighted by atomic mass is 19.1. The molecule has 0 aliphatic carbocycles. The van der Waals surface area contributed by atoms with E-state index in [0.717, 1.165) is 37.5 Å². The number of aliphatic imine (C=N–C) groups is 1. The zero-order chi connectivity index (χ0) is 20.6. The average Bonchev–Trinajstić information content (AvgIpc) is 2.75. The number of esters is 1. The summed E-state index contributed by atoms with van der Waals surface area (Å²) in [4.78, 5) is 20.4. The molecule has 8 heteroatoms. The van der Waals surface area contributed by atoms with Gasteiger partial charge in [0.15, 0.2) is 5.96 Å². The van der Waals surface area contributed by atoms with Crippen LogP contribution in [0.25, 0.3) is 0 Å². The largest absolute Gasteiger partial charge is 0.466 e. The number of benzene rings is 1. The fourth-order valence-corrected chi connectivity index (χ4v) is 3.82. The number of ether oxygens (including phenoxy) is 2. The maximum Gasteiger partial charge on any atom is 0.309 e. The molecule has 0 saturated carbocycles. The SMILES string of the molecule is CCOC(=O)C1CCN(C(=NC)NCc2ccc(N3CCOCC3)c(F)c2)CC1. The number of carbonyl (C=O) groups excluding carboxylic acids is 1. The molecule has 2 aliphatic heterocycles. The van der Waals surface area contributed by atoms with Gasteiger partial charge in [0.2, 0.25) is 0 Å². The number of likely N-dealkylation sites (tertiary alicyclic amines) is 1. The highest BCUT2D eigenvalue weighted by Crippen LogP contribution is 2.22. The van der Waals surface area contributed by atoms with Gasteiger partial charge in [-0.1, -0.05) is 6.07 Å². The minimum Gasteiger partial charge on any atom is -0.466 e. The summed E-state index contributed by atoms with van der Waals surface area (Å²) in [5.74, 6) is 0.415. The molecule has 1 N–H and O–H groups in total. The van der Waals surface area contributed by atoms with Gasteiger partial charge in [-0.05, 0) is 37.5 Å².